The summed E-state index contributed by atoms with van der Waals surface area (Å²) in [5, 5.41) is 0. The lowest BCUT2D eigenvalue weighted by atomic mass is 10.1. The van der Waals surface area contributed by atoms with E-state index in [2.05, 4.69) is 9.71 Å². The van der Waals surface area contributed by atoms with Gasteiger partial charge in [0.25, 0.3) is 0 Å². The molecule has 0 aromatic carbocycles. The number of pyridine rings is 1. The number of aryl methyl sites for hydroxylation is 1. The van der Waals surface area contributed by atoms with Gasteiger partial charge in [0, 0.05) is 42.5 Å². The second-order valence-electron chi connectivity index (χ2n) is 7.89. The summed E-state index contributed by atoms with van der Waals surface area (Å²) in [6.07, 6.45) is 3.77. The Bertz CT molecular complexity index is 1090. The average Bonchev–Trinajstić information content (AvgIpc) is 3.39. The predicted octanol–water partition coefficient (Wildman–Crippen LogP) is 1.46. The number of halogens is 1. The van der Waals surface area contributed by atoms with E-state index in [-0.39, 0.29) is 24.6 Å². The summed E-state index contributed by atoms with van der Waals surface area (Å²) in [7, 11) is -3.70. The number of likely N-dealkylation sites (tertiary alicyclic amines) is 1. The number of sulfonamides is 1. The highest BCUT2D eigenvalue weighted by molar-refractivity contribution is 7.89. The van der Waals surface area contributed by atoms with Gasteiger partial charge in [0.15, 0.2) is 0 Å². The van der Waals surface area contributed by atoms with E-state index in [1.807, 2.05) is 0 Å². The lowest BCUT2D eigenvalue weighted by Gasteiger charge is -2.34. The summed E-state index contributed by atoms with van der Waals surface area (Å²) in [5.74, 6) is -0.766. The monoisotopic (exact) mass is 512 g/mol. The Hall–Kier alpha value is -2.05. The number of hydrogen-bond donors (Lipinski definition) is 1. The maximum Gasteiger partial charge on any atom is 0.250 e. The molecule has 2 atom stereocenters. The van der Waals surface area contributed by atoms with E-state index in [1.54, 1.807) is 41.6 Å². The number of nitrogens with zero attached hydrogens (tertiary/aromatic N) is 3. The number of ether oxygens (including phenoxy) is 1. The van der Waals surface area contributed by atoms with Gasteiger partial charge in [0.1, 0.15) is 12.1 Å². The second-order valence-corrected chi connectivity index (χ2v) is 11.6. The van der Waals surface area contributed by atoms with Crippen LogP contribution >= 0.6 is 22.9 Å². The van der Waals surface area contributed by atoms with Crippen molar-refractivity contribution in [1.29, 1.82) is 0 Å². The first-order chi connectivity index (χ1) is 15.8. The number of nitrogens with one attached hydrogen (secondary N) is 1. The highest BCUT2D eigenvalue weighted by Crippen LogP contribution is 2.29. The highest BCUT2D eigenvalue weighted by Gasteiger charge is 2.42. The Kier molecular flexibility index (Phi) is 7.65. The van der Waals surface area contributed by atoms with Gasteiger partial charge >= 0.3 is 0 Å². The van der Waals surface area contributed by atoms with Gasteiger partial charge in [-0.1, -0.05) is 17.7 Å². The first kappa shape index (κ1) is 24.1. The van der Waals surface area contributed by atoms with Crippen molar-refractivity contribution in [2.75, 3.05) is 38.6 Å². The molecule has 2 aromatic rings. The Morgan fingerprint density at radius 3 is 2.73 bits per heavy atom. The molecule has 0 radical (unpaired) electrons. The van der Waals surface area contributed by atoms with Crippen LogP contribution in [0.4, 0.5) is 0 Å². The third kappa shape index (κ3) is 5.90. The van der Waals surface area contributed by atoms with Crippen LogP contribution in [0.2, 0.25) is 4.34 Å². The molecule has 1 N–H and O–H groups in total. The molecule has 1 unspecified atom stereocenters. The number of rotatable bonds is 8. The van der Waals surface area contributed by atoms with Crippen molar-refractivity contribution >= 4 is 44.8 Å². The van der Waals surface area contributed by atoms with Crippen molar-refractivity contribution in [3.63, 3.8) is 0 Å². The van der Waals surface area contributed by atoms with Gasteiger partial charge in [-0.15, -0.1) is 11.3 Å². The molecule has 4 rings (SSSR count). The fourth-order valence-electron chi connectivity index (χ4n) is 4.01. The highest BCUT2D eigenvalue weighted by atomic mass is 35.5. The normalized spacial score (nSPS) is 20.3. The number of thiophene rings is 1. The molecule has 12 heteroatoms. The third-order valence-electron chi connectivity index (χ3n) is 5.68. The molecule has 178 valence electrons. The summed E-state index contributed by atoms with van der Waals surface area (Å²) in [6.45, 7) is 2.04. The van der Waals surface area contributed by atoms with Crippen LogP contribution < -0.4 is 4.72 Å². The molecular formula is C21H25ClN4O5S2. The Labute approximate surface area is 201 Å². The Morgan fingerprint density at radius 1 is 1.27 bits per heavy atom. The number of aromatic nitrogens is 1. The van der Waals surface area contributed by atoms with E-state index in [9.17, 15) is 18.0 Å². The van der Waals surface area contributed by atoms with E-state index in [0.717, 1.165) is 4.88 Å². The minimum Gasteiger partial charge on any atom is -0.378 e. The van der Waals surface area contributed by atoms with Crippen LogP contribution in [0.1, 0.15) is 22.9 Å². The molecule has 0 bridgehead atoms. The van der Waals surface area contributed by atoms with Gasteiger partial charge in [0.05, 0.1) is 23.3 Å². The van der Waals surface area contributed by atoms with E-state index >= 15 is 0 Å². The van der Waals surface area contributed by atoms with Gasteiger partial charge in [-0.2, -0.15) is 0 Å². The molecule has 2 saturated heterocycles. The smallest absolute Gasteiger partial charge is 0.250 e. The van der Waals surface area contributed by atoms with Crippen molar-refractivity contribution in [2.45, 2.75) is 24.9 Å². The maximum absolute atomic E-state index is 13.4. The van der Waals surface area contributed by atoms with Crippen LogP contribution in [0.3, 0.4) is 0 Å². The number of carbonyl (C=O) groups is 2. The topological polar surface area (TPSA) is 109 Å². The first-order valence-electron chi connectivity index (χ1n) is 10.7. The van der Waals surface area contributed by atoms with E-state index in [1.165, 1.54) is 16.2 Å². The maximum atomic E-state index is 13.4. The lowest BCUT2D eigenvalue weighted by molar-refractivity contribution is -0.147. The zero-order valence-electron chi connectivity index (χ0n) is 17.9. The van der Waals surface area contributed by atoms with Crippen molar-refractivity contribution in [3.8, 4) is 0 Å². The van der Waals surface area contributed by atoms with Gasteiger partial charge in [-0.25, -0.2) is 13.1 Å². The molecular weight excluding hydrogens is 488 g/mol. The van der Waals surface area contributed by atoms with Crippen LogP contribution in [0.15, 0.2) is 36.7 Å². The fraction of sp³-hybridized carbons (Fsp3) is 0.476. The summed E-state index contributed by atoms with van der Waals surface area (Å²) < 4.78 is 33.7. The average molecular weight is 513 g/mol. The van der Waals surface area contributed by atoms with Crippen LogP contribution in [-0.4, -0.2) is 79.7 Å². The van der Waals surface area contributed by atoms with Crippen LogP contribution in [0.25, 0.3) is 0 Å². The molecule has 2 fully saturated rings. The number of hydrogen-bond acceptors (Lipinski definition) is 7. The van der Waals surface area contributed by atoms with Crippen LogP contribution in [0, 0.1) is 0 Å². The molecule has 0 spiro atoms. The van der Waals surface area contributed by atoms with Crippen molar-refractivity contribution in [2.24, 2.45) is 0 Å². The predicted molar refractivity (Wildman–Crippen MR) is 124 cm³/mol. The zero-order valence-corrected chi connectivity index (χ0v) is 20.2. The molecule has 2 amide bonds. The van der Waals surface area contributed by atoms with Gasteiger partial charge in [-0.05, 0) is 31.0 Å². The summed E-state index contributed by atoms with van der Waals surface area (Å²) in [5.41, 5.74) is 0.598. The minimum absolute atomic E-state index is 0.146. The third-order valence-corrected chi connectivity index (χ3v) is 8.35. The SMILES string of the molecule is O=C(C(c1cccnc1)N1CC[C@H](NS(=O)(=O)CCc2ccc(Cl)s2)C1=O)N1CCOCC1. The molecule has 2 aliphatic heterocycles. The standard InChI is InChI=1S/C21H25ClN4O5S2/c22-18-4-3-16(32-18)6-13-33(29,30)24-17-5-8-26(20(17)27)19(15-2-1-7-23-14-15)21(28)25-9-11-31-12-10-25/h1-4,7,14,17,19,24H,5-6,8-13H2/t17-,19?/m0/s1. The van der Waals surface area contributed by atoms with E-state index in [0.29, 0.717) is 42.6 Å². The first-order valence-corrected chi connectivity index (χ1v) is 13.5. The number of amides is 2. The molecule has 0 saturated carbocycles. The van der Waals surface area contributed by atoms with Gasteiger partial charge < -0.3 is 14.5 Å². The molecule has 2 aliphatic rings. The van der Waals surface area contributed by atoms with Crippen molar-refractivity contribution < 1.29 is 22.7 Å². The molecule has 4 heterocycles. The summed E-state index contributed by atoms with van der Waals surface area (Å²) in [6, 6.07) is 5.23. The van der Waals surface area contributed by atoms with Crippen LogP contribution in [0.5, 0.6) is 0 Å². The number of morpholine rings is 1. The minimum atomic E-state index is -3.70. The lowest BCUT2D eigenvalue weighted by Crippen LogP contribution is -2.49. The zero-order chi connectivity index (χ0) is 23.4. The van der Waals surface area contributed by atoms with Crippen molar-refractivity contribution in [3.05, 3.63) is 51.4 Å². The Balaban J connectivity index is 1.46. The van der Waals surface area contributed by atoms with Crippen molar-refractivity contribution in [1.82, 2.24) is 19.5 Å². The van der Waals surface area contributed by atoms with Gasteiger partial charge in [0.2, 0.25) is 21.8 Å². The molecule has 33 heavy (non-hydrogen) atoms. The quantitative estimate of drug-likeness (QED) is 0.573. The van der Waals surface area contributed by atoms with Gasteiger partial charge in [-0.3, -0.25) is 14.6 Å². The van der Waals surface area contributed by atoms with E-state index in [4.69, 9.17) is 16.3 Å². The van der Waals surface area contributed by atoms with E-state index < -0.39 is 28.0 Å². The summed E-state index contributed by atoms with van der Waals surface area (Å²) in [4.78, 5) is 34.7. The Morgan fingerprint density at radius 2 is 2.06 bits per heavy atom. The largest absolute Gasteiger partial charge is 0.378 e. The second kappa shape index (κ2) is 10.5. The fourth-order valence-corrected chi connectivity index (χ4v) is 6.49. The molecule has 0 aliphatic carbocycles. The molecule has 9 nitrogen and oxygen atoms in total. The van der Waals surface area contributed by atoms with Crippen LogP contribution in [-0.2, 0) is 30.8 Å². The molecule has 2 aromatic heterocycles. The summed E-state index contributed by atoms with van der Waals surface area (Å²) >= 11 is 7.24. The number of carbonyl (C=O) groups excluding carboxylic acids is 2.